The van der Waals surface area contributed by atoms with Gasteiger partial charge in [-0.1, -0.05) is 36.4 Å². The summed E-state index contributed by atoms with van der Waals surface area (Å²) in [4.78, 5) is 20.9. The molecule has 0 aliphatic heterocycles. The van der Waals surface area contributed by atoms with Gasteiger partial charge in [-0.15, -0.1) is 0 Å². The van der Waals surface area contributed by atoms with Crippen LogP contribution in [0.5, 0.6) is 5.88 Å². The number of benzene rings is 3. The van der Waals surface area contributed by atoms with Crippen LogP contribution >= 0.6 is 0 Å². The molecule has 42 heavy (non-hydrogen) atoms. The van der Waals surface area contributed by atoms with Crippen molar-refractivity contribution in [2.24, 2.45) is 5.73 Å². The highest BCUT2D eigenvalue weighted by molar-refractivity contribution is 5.92. The molecule has 0 fully saturated rings. The normalized spacial score (nSPS) is 11.8. The number of nitrogens with zero attached hydrogens (tertiary/aromatic N) is 4. The van der Waals surface area contributed by atoms with E-state index in [2.05, 4.69) is 4.98 Å². The summed E-state index contributed by atoms with van der Waals surface area (Å²) in [6, 6.07) is 24.3. The molecule has 2 aromatic heterocycles. The second-order valence-corrected chi connectivity index (χ2v) is 9.68. The van der Waals surface area contributed by atoms with Crippen LogP contribution < -0.4 is 10.5 Å². The Morgan fingerprint density at radius 1 is 1.10 bits per heavy atom. The molecule has 0 aliphatic rings. The highest BCUT2D eigenvalue weighted by Gasteiger charge is 2.17. The van der Waals surface area contributed by atoms with Gasteiger partial charge in [0.15, 0.2) is 0 Å². The van der Waals surface area contributed by atoms with Gasteiger partial charge in [0, 0.05) is 37.3 Å². The minimum Gasteiger partial charge on any atom is -0.478 e. The number of carboxylic acid groups (broad SMARTS) is 1. The van der Waals surface area contributed by atoms with E-state index in [1.165, 1.54) is 12.1 Å². The molecular weight excluding hydrogens is 537 g/mol. The lowest BCUT2D eigenvalue weighted by atomic mass is 10.1. The zero-order valence-electron chi connectivity index (χ0n) is 22.8. The number of fused-ring (bicyclic) bond motifs is 1. The van der Waals surface area contributed by atoms with Crippen LogP contribution in [0.4, 0.5) is 4.39 Å². The molecule has 0 aliphatic carbocycles. The molecule has 1 unspecified atom stereocenters. The van der Waals surface area contributed by atoms with Gasteiger partial charge in [-0.05, 0) is 42.0 Å². The number of rotatable bonds is 11. The summed E-state index contributed by atoms with van der Waals surface area (Å²) in [6.45, 7) is 0.722. The summed E-state index contributed by atoms with van der Waals surface area (Å²) in [5.41, 5.74) is 10.6. The number of carboxylic acids is 1. The number of hydrogen-bond acceptors (Lipinski definition) is 7. The van der Waals surface area contributed by atoms with E-state index in [-0.39, 0.29) is 23.8 Å². The molecule has 0 spiro atoms. The molecule has 0 saturated heterocycles. The van der Waals surface area contributed by atoms with Crippen molar-refractivity contribution in [3.05, 3.63) is 113 Å². The van der Waals surface area contributed by atoms with Gasteiger partial charge in [0.25, 0.3) is 0 Å². The lowest BCUT2D eigenvalue weighted by molar-refractivity contribution is 0.0697. The standard InChI is InChI=1S/C32H28FN5O4/c1-41-25(17-35)18-38-29-15-23(32(39)40)11-12-28(29)36-30(38)14-20-5-8-22(9-6-20)27-3-2-4-31(37-27)42-19-24-10-7-21(16-34)13-26(24)33/h2-13,15,25H,14,17-19,35H2,1H3,(H,39,40). The van der Waals surface area contributed by atoms with Crippen LogP contribution in [0.25, 0.3) is 22.3 Å². The van der Waals surface area contributed by atoms with E-state index >= 15 is 0 Å². The molecule has 0 saturated carbocycles. The molecule has 1 atom stereocenters. The third-order valence-corrected chi connectivity index (χ3v) is 6.95. The van der Waals surface area contributed by atoms with Crippen LogP contribution in [-0.2, 0) is 24.3 Å². The highest BCUT2D eigenvalue weighted by atomic mass is 19.1. The zero-order valence-corrected chi connectivity index (χ0v) is 22.8. The van der Waals surface area contributed by atoms with Gasteiger partial charge in [-0.3, -0.25) is 0 Å². The molecule has 9 nitrogen and oxygen atoms in total. The maximum Gasteiger partial charge on any atom is 0.335 e. The third kappa shape index (κ3) is 6.28. The molecule has 0 radical (unpaired) electrons. The van der Waals surface area contributed by atoms with E-state index in [0.717, 1.165) is 17.0 Å². The topological polar surface area (TPSA) is 136 Å². The predicted octanol–water partition coefficient (Wildman–Crippen LogP) is 4.95. The Morgan fingerprint density at radius 3 is 2.60 bits per heavy atom. The fourth-order valence-electron chi connectivity index (χ4n) is 4.61. The van der Waals surface area contributed by atoms with Crippen molar-refractivity contribution in [1.82, 2.24) is 14.5 Å². The van der Waals surface area contributed by atoms with Crippen molar-refractivity contribution in [3.63, 3.8) is 0 Å². The van der Waals surface area contributed by atoms with Gasteiger partial charge < -0.3 is 24.9 Å². The molecule has 3 N–H and O–H groups in total. The molecular formula is C32H28FN5O4. The van der Waals surface area contributed by atoms with Crippen molar-refractivity contribution in [1.29, 1.82) is 5.26 Å². The number of hydrogen-bond donors (Lipinski definition) is 2. The van der Waals surface area contributed by atoms with E-state index in [4.69, 9.17) is 25.5 Å². The maximum atomic E-state index is 14.2. The van der Waals surface area contributed by atoms with E-state index in [9.17, 15) is 14.3 Å². The summed E-state index contributed by atoms with van der Waals surface area (Å²) in [7, 11) is 1.59. The lowest BCUT2D eigenvalue weighted by Crippen LogP contribution is -2.28. The van der Waals surface area contributed by atoms with Gasteiger partial charge in [-0.2, -0.15) is 5.26 Å². The average Bonchev–Trinajstić information content (AvgIpc) is 3.35. The Hall–Kier alpha value is -5.11. The minimum absolute atomic E-state index is 0.0179. The van der Waals surface area contributed by atoms with E-state index in [0.29, 0.717) is 47.7 Å². The van der Waals surface area contributed by atoms with Crippen LogP contribution in [0, 0.1) is 17.1 Å². The van der Waals surface area contributed by atoms with Crippen molar-refractivity contribution >= 4 is 17.0 Å². The smallest absolute Gasteiger partial charge is 0.335 e. The summed E-state index contributed by atoms with van der Waals surface area (Å²) in [5.74, 6) is -0.396. The van der Waals surface area contributed by atoms with Gasteiger partial charge in [0.05, 0.1) is 46.6 Å². The number of halogens is 1. The van der Waals surface area contributed by atoms with Crippen LogP contribution in [0.3, 0.4) is 0 Å². The van der Waals surface area contributed by atoms with Crippen LogP contribution in [0.1, 0.15) is 32.9 Å². The number of carbonyl (C=O) groups is 1. The van der Waals surface area contributed by atoms with Crippen LogP contribution in [-0.4, -0.2) is 45.4 Å². The molecule has 2 heterocycles. The summed E-state index contributed by atoms with van der Waals surface area (Å²) in [5, 5.41) is 18.4. The summed E-state index contributed by atoms with van der Waals surface area (Å²) < 4.78 is 27.4. The van der Waals surface area contributed by atoms with Crippen molar-refractivity contribution in [2.45, 2.75) is 25.7 Å². The molecule has 212 valence electrons. The first kappa shape index (κ1) is 28.4. The predicted molar refractivity (Wildman–Crippen MR) is 154 cm³/mol. The van der Waals surface area contributed by atoms with E-state index in [1.54, 1.807) is 37.4 Å². The van der Waals surface area contributed by atoms with Crippen molar-refractivity contribution in [3.8, 4) is 23.2 Å². The number of aromatic carboxylic acids is 1. The monoisotopic (exact) mass is 565 g/mol. The lowest BCUT2D eigenvalue weighted by Gasteiger charge is -2.17. The number of imidazole rings is 1. The Balaban J connectivity index is 1.35. The van der Waals surface area contributed by atoms with Crippen LogP contribution in [0.2, 0.25) is 0 Å². The number of ether oxygens (including phenoxy) is 2. The molecule has 0 amide bonds. The number of nitrogens with two attached hydrogens (primary N) is 1. The largest absolute Gasteiger partial charge is 0.478 e. The minimum atomic E-state index is -1.01. The van der Waals surface area contributed by atoms with Gasteiger partial charge in [-0.25, -0.2) is 19.2 Å². The number of methoxy groups -OCH3 is 1. The van der Waals surface area contributed by atoms with Crippen LogP contribution in [0.15, 0.2) is 78.9 Å². The molecule has 5 rings (SSSR count). The SMILES string of the molecule is COC(CN)Cn1c(Cc2ccc(-c3cccc(OCc4ccc(C#N)cc4F)n3)cc2)nc2ccc(C(=O)O)cc21. The van der Waals surface area contributed by atoms with E-state index in [1.807, 2.05) is 47.0 Å². The summed E-state index contributed by atoms with van der Waals surface area (Å²) in [6.07, 6.45) is 0.247. The Morgan fingerprint density at radius 2 is 1.90 bits per heavy atom. The van der Waals surface area contributed by atoms with Crippen molar-refractivity contribution in [2.75, 3.05) is 13.7 Å². The zero-order chi connectivity index (χ0) is 29.6. The second kappa shape index (κ2) is 12.6. The first-order valence-electron chi connectivity index (χ1n) is 13.2. The fraction of sp³-hybridized carbons (Fsp3) is 0.188. The molecule has 0 bridgehead atoms. The van der Waals surface area contributed by atoms with Crippen molar-refractivity contribution < 1.29 is 23.8 Å². The Kier molecular flexibility index (Phi) is 8.52. The van der Waals surface area contributed by atoms with E-state index < -0.39 is 11.8 Å². The molecule has 5 aromatic rings. The van der Waals surface area contributed by atoms with Gasteiger partial charge >= 0.3 is 5.97 Å². The Bertz CT molecular complexity index is 1770. The first-order chi connectivity index (χ1) is 20.4. The second-order valence-electron chi connectivity index (χ2n) is 9.68. The fourth-order valence-corrected chi connectivity index (χ4v) is 4.61. The van der Waals surface area contributed by atoms with Gasteiger partial charge in [0.2, 0.25) is 5.88 Å². The maximum absolute atomic E-state index is 14.2. The number of nitriles is 1. The molecule has 10 heteroatoms. The number of pyridine rings is 1. The average molecular weight is 566 g/mol. The first-order valence-corrected chi connectivity index (χ1v) is 13.2. The summed E-state index contributed by atoms with van der Waals surface area (Å²) >= 11 is 0. The quantitative estimate of drug-likeness (QED) is 0.230. The van der Waals surface area contributed by atoms with Gasteiger partial charge in [0.1, 0.15) is 18.2 Å². The Labute approximate surface area is 241 Å². The third-order valence-electron chi connectivity index (χ3n) is 6.95. The highest BCUT2D eigenvalue weighted by Crippen LogP contribution is 2.25. The molecule has 3 aromatic carbocycles. The number of aromatic nitrogens is 3.